The van der Waals surface area contributed by atoms with Gasteiger partial charge in [0.05, 0.1) is 5.56 Å². The predicted octanol–water partition coefficient (Wildman–Crippen LogP) is 3.20. The predicted molar refractivity (Wildman–Crippen MR) is 101 cm³/mol. The lowest BCUT2D eigenvalue weighted by molar-refractivity contribution is -0.159. The van der Waals surface area contributed by atoms with Crippen molar-refractivity contribution >= 4 is 12.4 Å². The molecule has 0 aliphatic carbocycles. The summed E-state index contributed by atoms with van der Waals surface area (Å²) in [5.74, 6) is -3.47. The molecule has 1 aliphatic rings. The van der Waals surface area contributed by atoms with Crippen LogP contribution >= 0.6 is 0 Å². The number of carboxylic acid groups (broad SMARTS) is 1. The molecule has 0 saturated carbocycles. The summed E-state index contributed by atoms with van der Waals surface area (Å²) >= 11 is 0. The fourth-order valence-corrected chi connectivity index (χ4v) is 3.25. The van der Waals surface area contributed by atoms with Crippen LogP contribution in [0.4, 0.5) is 17.6 Å². The number of nitrogens with zero attached hydrogens (tertiary/aromatic N) is 3. The Hall–Kier alpha value is -3.02. The van der Waals surface area contributed by atoms with Gasteiger partial charge >= 0.3 is 12.1 Å². The van der Waals surface area contributed by atoms with Gasteiger partial charge in [0.15, 0.2) is 0 Å². The summed E-state index contributed by atoms with van der Waals surface area (Å²) < 4.78 is 56.0. The Balaban J connectivity index is 0.00000107. The van der Waals surface area contributed by atoms with Crippen LogP contribution < -0.4 is 5.32 Å². The number of benzene rings is 1. The van der Waals surface area contributed by atoms with E-state index < -0.39 is 29.6 Å². The first-order valence-corrected chi connectivity index (χ1v) is 9.40. The highest BCUT2D eigenvalue weighted by Gasteiger charge is 2.38. The Bertz CT molecular complexity index is 903. The summed E-state index contributed by atoms with van der Waals surface area (Å²) in [5, 5.41) is 12.8. The monoisotopic (exact) mass is 446 g/mol. The first-order valence-electron chi connectivity index (χ1n) is 9.40. The SMILES string of the molecule is CC(CN1CCC[C@@H]1C)NC(=O)c1ccc(-c2noc(C(F)(F)F)n2)c(F)c1.O=CO. The molecule has 0 radical (unpaired) electrons. The minimum absolute atomic E-state index is 0.0575. The largest absolute Gasteiger partial charge is 0.483 e. The second-order valence-electron chi connectivity index (χ2n) is 7.08. The number of hydrogen-bond donors (Lipinski definition) is 2. The summed E-state index contributed by atoms with van der Waals surface area (Å²) in [7, 11) is 0. The third kappa shape index (κ3) is 6.48. The van der Waals surface area contributed by atoms with Gasteiger partial charge in [0.25, 0.3) is 12.4 Å². The molecule has 1 saturated heterocycles. The molecule has 3 rings (SSSR count). The smallest absolute Gasteiger partial charge is 0.471 e. The Labute approximate surface area is 175 Å². The molecule has 8 nitrogen and oxygen atoms in total. The summed E-state index contributed by atoms with van der Waals surface area (Å²) in [4.78, 5) is 26.1. The van der Waals surface area contributed by atoms with Crippen molar-refractivity contribution in [3.8, 4) is 11.4 Å². The standard InChI is InChI=1S/C18H20F4N4O2.CH2O2/c1-10(9-26-7-3-4-11(26)2)23-16(27)12-5-6-13(14(19)8-12)15-24-17(28-25-15)18(20,21)22;2-1-3/h5-6,8,10-11H,3-4,7,9H2,1-2H3,(H,23,27);1H,(H,2,3)/t10?,11-;/m0./s1. The van der Waals surface area contributed by atoms with Gasteiger partial charge in [-0.15, -0.1) is 0 Å². The normalized spacial score (nSPS) is 17.5. The average Bonchev–Trinajstić information content (AvgIpc) is 3.32. The van der Waals surface area contributed by atoms with E-state index in [1.807, 2.05) is 6.92 Å². The Kier molecular flexibility index (Phi) is 8.08. The lowest BCUT2D eigenvalue weighted by Gasteiger charge is -2.25. The van der Waals surface area contributed by atoms with Crippen molar-refractivity contribution in [1.29, 1.82) is 0 Å². The molecule has 0 bridgehead atoms. The van der Waals surface area contributed by atoms with Crippen LogP contribution in [0.2, 0.25) is 0 Å². The highest BCUT2D eigenvalue weighted by Crippen LogP contribution is 2.30. The molecule has 2 atom stereocenters. The fraction of sp³-hybridized carbons (Fsp3) is 0.474. The van der Waals surface area contributed by atoms with Crippen molar-refractivity contribution < 1.29 is 36.8 Å². The minimum atomic E-state index is -4.81. The van der Waals surface area contributed by atoms with Crippen LogP contribution in [0.1, 0.15) is 42.9 Å². The van der Waals surface area contributed by atoms with E-state index in [9.17, 15) is 22.4 Å². The molecule has 31 heavy (non-hydrogen) atoms. The van der Waals surface area contributed by atoms with Gasteiger partial charge in [-0.3, -0.25) is 14.5 Å². The number of amides is 1. The molecule has 2 heterocycles. The Morgan fingerprint density at radius 1 is 1.45 bits per heavy atom. The number of aromatic nitrogens is 2. The zero-order valence-corrected chi connectivity index (χ0v) is 16.8. The van der Waals surface area contributed by atoms with Gasteiger partial charge in [-0.2, -0.15) is 18.2 Å². The second kappa shape index (κ2) is 10.3. The molecule has 1 unspecified atom stereocenters. The summed E-state index contributed by atoms with van der Waals surface area (Å²) in [5.41, 5.74) is -0.225. The molecule has 0 spiro atoms. The lowest BCUT2D eigenvalue weighted by Crippen LogP contribution is -2.43. The second-order valence-corrected chi connectivity index (χ2v) is 7.08. The molecule has 1 fully saturated rings. The third-order valence-electron chi connectivity index (χ3n) is 4.72. The minimum Gasteiger partial charge on any atom is -0.483 e. The van der Waals surface area contributed by atoms with Crippen LogP contribution in [0.3, 0.4) is 0 Å². The van der Waals surface area contributed by atoms with Crippen molar-refractivity contribution in [3.05, 3.63) is 35.5 Å². The van der Waals surface area contributed by atoms with E-state index in [0.717, 1.165) is 31.5 Å². The maximum atomic E-state index is 14.3. The number of likely N-dealkylation sites (tertiary alicyclic amines) is 1. The van der Waals surface area contributed by atoms with E-state index in [1.54, 1.807) is 0 Å². The van der Waals surface area contributed by atoms with Gasteiger partial charge in [0.1, 0.15) is 5.82 Å². The van der Waals surface area contributed by atoms with Gasteiger partial charge < -0.3 is 14.9 Å². The quantitative estimate of drug-likeness (QED) is 0.536. The van der Waals surface area contributed by atoms with Crippen molar-refractivity contribution in [2.45, 2.75) is 44.9 Å². The average molecular weight is 446 g/mol. The summed E-state index contributed by atoms with van der Waals surface area (Å²) in [6, 6.07) is 3.74. The summed E-state index contributed by atoms with van der Waals surface area (Å²) in [6.07, 6.45) is -2.56. The van der Waals surface area contributed by atoms with Gasteiger partial charge in [0, 0.05) is 24.2 Å². The highest BCUT2D eigenvalue weighted by atomic mass is 19.4. The van der Waals surface area contributed by atoms with E-state index in [1.165, 1.54) is 6.07 Å². The molecular formula is C19H22F4N4O4. The number of carbonyl (C=O) groups is 2. The molecule has 1 aliphatic heterocycles. The van der Waals surface area contributed by atoms with Gasteiger partial charge in [-0.1, -0.05) is 5.16 Å². The zero-order valence-electron chi connectivity index (χ0n) is 16.8. The number of rotatable bonds is 5. The van der Waals surface area contributed by atoms with Gasteiger partial charge in [-0.05, 0) is 51.4 Å². The lowest BCUT2D eigenvalue weighted by atomic mass is 10.1. The van der Waals surface area contributed by atoms with Crippen LogP contribution in [0.25, 0.3) is 11.4 Å². The fourth-order valence-electron chi connectivity index (χ4n) is 3.25. The van der Waals surface area contributed by atoms with E-state index in [2.05, 4.69) is 31.8 Å². The molecular weight excluding hydrogens is 424 g/mol. The maximum Gasteiger partial charge on any atom is 0.471 e. The Morgan fingerprint density at radius 2 is 2.13 bits per heavy atom. The highest BCUT2D eigenvalue weighted by molar-refractivity contribution is 5.94. The molecule has 12 heteroatoms. The maximum absolute atomic E-state index is 14.3. The third-order valence-corrected chi connectivity index (χ3v) is 4.72. The number of carbonyl (C=O) groups excluding carboxylic acids is 1. The molecule has 1 aromatic heterocycles. The summed E-state index contributed by atoms with van der Waals surface area (Å²) in [6.45, 7) is 5.43. The van der Waals surface area contributed by atoms with Crippen molar-refractivity contribution in [2.24, 2.45) is 0 Å². The van der Waals surface area contributed by atoms with Crippen molar-refractivity contribution in [3.63, 3.8) is 0 Å². The van der Waals surface area contributed by atoms with Gasteiger partial charge in [0.2, 0.25) is 5.82 Å². The first kappa shape index (κ1) is 24.3. The number of hydrogen-bond acceptors (Lipinski definition) is 6. The Morgan fingerprint density at radius 3 is 2.65 bits per heavy atom. The van der Waals surface area contributed by atoms with Crippen molar-refractivity contribution in [2.75, 3.05) is 13.1 Å². The molecule has 1 amide bonds. The van der Waals surface area contributed by atoms with Gasteiger partial charge in [-0.25, -0.2) is 4.39 Å². The number of alkyl halides is 3. The number of halogens is 4. The molecule has 1 aromatic carbocycles. The molecule has 2 N–H and O–H groups in total. The van der Waals surface area contributed by atoms with Crippen LogP contribution in [0.15, 0.2) is 22.7 Å². The van der Waals surface area contributed by atoms with Crippen molar-refractivity contribution in [1.82, 2.24) is 20.4 Å². The van der Waals surface area contributed by atoms with Crippen LogP contribution in [0, 0.1) is 5.82 Å². The van der Waals surface area contributed by atoms with Crippen LogP contribution in [-0.4, -0.2) is 57.7 Å². The van der Waals surface area contributed by atoms with E-state index in [0.29, 0.717) is 12.6 Å². The van der Waals surface area contributed by atoms with Crippen LogP contribution in [0.5, 0.6) is 0 Å². The van der Waals surface area contributed by atoms with E-state index in [-0.39, 0.29) is 23.6 Å². The first-order chi connectivity index (χ1) is 14.6. The number of nitrogens with one attached hydrogen (secondary N) is 1. The zero-order chi connectivity index (χ0) is 23.2. The molecule has 2 aromatic rings. The topological polar surface area (TPSA) is 109 Å². The van der Waals surface area contributed by atoms with Crippen LogP contribution in [-0.2, 0) is 11.0 Å². The molecule has 170 valence electrons. The van der Waals surface area contributed by atoms with E-state index >= 15 is 0 Å². The van der Waals surface area contributed by atoms with E-state index in [4.69, 9.17) is 9.90 Å².